The Kier molecular flexibility index (Phi) is 4.80. The molecule has 1 amide bonds. The highest BCUT2D eigenvalue weighted by molar-refractivity contribution is 9.10. The van der Waals surface area contributed by atoms with Crippen molar-refractivity contribution in [1.82, 2.24) is 15.3 Å². The van der Waals surface area contributed by atoms with E-state index in [1.807, 2.05) is 0 Å². The summed E-state index contributed by atoms with van der Waals surface area (Å²) in [6.07, 6.45) is 0.484. The number of hydrogen-bond acceptors (Lipinski definition) is 5. The molecule has 0 aliphatic heterocycles. The van der Waals surface area contributed by atoms with Crippen molar-refractivity contribution in [3.05, 3.63) is 44.6 Å². The lowest BCUT2D eigenvalue weighted by Gasteiger charge is -2.03. The Labute approximate surface area is 127 Å². The molecule has 0 aliphatic carbocycles. The first-order valence-corrected chi connectivity index (χ1v) is 7.32. The van der Waals surface area contributed by atoms with Crippen molar-refractivity contribution in [2.45, 2.75) is 6.42 Å². The topological polar surface area (TPSA) is 92.2 Å². The van der Waals surface area contributed by atoms with Crippen LogP contribution >= 0.6 is 27.3 Å². The summed E-state index contributed by atoms with van der Waals surface area (Å²) in [5, 5.41) is 13.6. The van der Waals surface area contributed by atoms with Gasteiger partial charge in [0.25, 0.3) is 5.91 Å². The lowest BCUT2D eigenvalue weighted by atomic mass is 10.3. The van der Waals surface area contributed by atoms with Crippen LogP contribution in [0.1, 0.15) is 26.0 Å². The third-order valence-electron chi connectivity index (χ3n) is 2.34. The number of nitrogens with zero attached hydrogens (tertiary/aromatic N) is 2. The summed E-state index contributed by atoms with van der Waals surface area (Å²) in [6.45, 7) is 0.375. The summed E-state index contributed by atoms with van der Waals surface area (Å²) >= 11 is 4.46. The van der Waals surface area contributed by atoms with Crippen LogP contribution in [0.5, 0.6) is 0 Å². The number of hydrogen-bond donors (Lipinski definition) is 2. The predicted octanol–water partition coefficient (Wildman–Crippen LogP) is 1.97. The van der Waals surface area contributed by atoms with Crippen LogP contribution in [0.3, 0.4) is 0 Å². The molecule has 0 radical (unpaired) electrons. The van der Waals surface area contributed by atoms with Crippen molar-refractivity contribution in [3.8, 4) is 0 Å². The molecule has 0 saturated heterocycles. The second-order valence-corrected chi connectivity index (χ2v) is 5.54. The molecule has 0 spiro atoms. The van der Waals surface area contributed by atoms with Crippen LogP contribution < -0.4 is 5.32 Å². The summed E-state index contributed by atoms with van der Waals surface area (Å²) < 4.78 is 0.594. The van der Waals surface area contributed by atoms with E-state index in [-0.39, 0.29) is 11.6 Å². The second-order valence-electron chi connectivity index (χ2n) is 3.78. The van der Waals surface area contributed by atoms with Gasteiger partial charge in [-0.15, -0.1) is 11.3 Å². The van der Waals surface area contributed by atoms with Gasteiger partial charge in [-0.25, -0.2) is 14.8 Å². The molecule has 0 fully saturated rings. The average Bonchev–Trinajstić information content (AvgIpc) is 2.87. The Balaban J connectivity index is 1.86. The minimum atomic E-state index is -1.05. The van der Waals surface area contributed by atoms with Crippen LogP contribution in [-0.4, -0.2) is 33.5 Å². The van der Waals surface area contributed by atoms with Crippen molar-refractivity contribution in [3.63, 3.8) is 0 Å². The molecule has 20 heavy (non-hydrogen) atoms. The van der Waals surface area contributed by atoms with Gasteiger partial charge in [0.1, 0.15) is 10.3 Å². The zero-order chi connectivity index (χ0) is 14.5. The predicted molar refractivity (Wildman–Crippen MR) is 77.0 cm³/mol. The van der Waals surface area contributed by atoms with Crippen molar-refractivity contribution in [2.75, 3.05) is 6.54 Å². The maximum absolute atomic E-state index is 11.8. The molecule has 2 aromatic heterocycles. The largest absolute Gasteiger partial charge is 0.476 e. The number of aromatic carboxylic acids is 1. The van der Waals surface area contributed by atoms with Crippen molar-refractivity contribution in [1.29, 1.82) is 0 Å². The normalized spacial score (nSPS) is 10.2. The molecule has 0 saturated carbocycles. The van der Waals surface area contributed by atoms with E-state index < -0.39 is 5.97 Å². The minimum Gasteiger partial charge on any atom is -0.476 e. The molecule has 0 aliphatic rings. The molecule has 2 heterocycles. The summed E-state index contributed by atoms with van der Waals surface area (Å²) in [5.74, 6) is -1.32. The van der Waals surface area contributed by atoms with Crippen molar-refractivity contribution < 1.29 is 14.7 Å². The van der Waals surface area contributed by atoms with E-state index in [1.54, 1.807) is 18.2 Å². The Morgan fingerprint density at radius 1 is 1.30 bits per heavy atom. The van der Waals surface area contributed by atoms with Gasteiger partial charge in [-0.05, 0) is 28.1 Å². The molecular formula is C12H10BrN3O3S. The van der Waals surface area contributed by atoms with E-state index in [9.17, 15) is 9.59 Å². The number of aromatic nitrogens is 2. The number of carboxylic acids is 1. The molecule has 104 valence electrons. The van der Waals surface area contributed by atoms with Gasteiger partial charge in [-0.3, -0.25) is 4.79 Å². The lowest BCUT2D eigenvalue weighted by Crippen LogP contribution is -2.26. The average molecular weight is 356 g/mol. The third kappa shape index (κ3) is 3.84. The van der Waals surface area contributed by atoms with E-state index in [4.69, 9.17) is 5.11 Å². The first-order chi connectivity index (χ1) is 9.56. The maximum atomic E-state index is 11.8. The number of nitrogens with one attached hydrogen (secondary N) is 1. The Morgan fingerprint density at radius 3 is 2.75 bits per heavy atom. The number of carbonyl (C=O) groups is 2. The van der Waals surface area contributed by atoms with Crippen molar-refractivity contribution in [2.24, 2.45) is 0 Å². The SMILES string of the molecule is O=C(O)c1csc(CCNC(=O)c2cccc(Br)n2)n1. The highest BCUT2D eigenvalue weighted by Crippen LogP contribution is 2.10. The highest BCUT2D eigenvalue weighted by atomic mass is 79.9. The first kappa shape index (κ1) is 14.6. The molecule has 0 atom stereocenters. The highest BCUT2D eigenvalue weighted by Gasteiger charge is 2.10. The number of amides is 1. The summed E-state index contributed by atoms with van der Waals surface area (Å²) in [5.41, 5.74) is 0.356. The summed E-state index contributed by atoms with van der Waals surface area (Å²) in [4.78, 5) is 30.4. The fourth-order valence-electron chi connectivity index (χ4n) is 1.43. The number of thiazole rings is 1. The lowest BCUT2D eigenvalue weighted by molar-refractivity contribution is 0.0690. The standard InChI is InChI=1S/C12H10BrN3O3S/c13-9-3-1-2-7(15-9)11(17)14-5-4-10-16-8(6-20-10)12(18)19/h1-3,6H,4-5H2,(H,14,17)(H,18,19). The van der Waals surface area contributed by atoms with Gasteiger partial charge in [0.15, 0.2) is 5.69 Å². The molecule has 0 bridgehead atoms. The summed E-state index contributed by atoms with van der Waals surface area (Å²) in [7, 11) is 0. The molecule has 0 unspecified atom stereocenters. The molecule has 2 N–H and O–H groups in total. The van der Waals surface area contributed by atoms with E-state index in [0.717, 1.165) is 0 Å². The quantitative estimate of drug-likeness (QED) is 0.800. The van der Waals surface area contributed by atoms with Crippen LogP contribution in [0.4, 0.5) is 0 Å². The molecule has 2 rings (SSSR count). The smallest absolute Gasteiger partial charge is 0.355 e. The van der Waals surface area contributed by atoms with Gasteiger partial charge in [0.2, 0.25) is 0 Å². The van der Waals surface area contributed by atoms with E-state index in [1.165, 1.54) is 16.7 Å². The van der Waals surface area contributed by atoms with Gasteiger partial charge < -0.3 is 10.4 Å². The number of carbonyl (C=O) groups excluding carboxylic acids is 1. The zero-order valence-electron chi connectivity index (χ0n) is 10.2. The number of pyridine rings is 1. The Morgan fingerprint density at radius 2 is 2.10 bits per heavy atom. The Hall–Kier alpha value is -1.80. The fraction of sp³-hybridized carbons (Fsp3) is 0.167. The number of carboxylic acid groups (broad SMARTS) is 1. The first-order valence-electron chi connectivity index (χ1n) is 5.64. The second kappa shape index (κ2) is 6.58. The van der Waals surface area contributed by atoms with E-state index >= 15 is 0 Å². The van der Waals surface area contributed by atoms with Crippen LogP contribution in [-0.2, 0) is 6.42 Å². The van der Waals surface area contributed by atoms with E-state index in [0.29, 0.717) is 28.3 Å². The van der Waals surface area contributed by atoms with E-state index in [2.05, 4.69) is 31.2 Å². The number of rotatable bonds is 5. The van der Waals surface area contributed by atoms with Crippen molar-refractivity contribution >= 4 is 39.1 Å². The third-order valence-corrected chi connectivity index (χ3v) is 3.69. The van der Waals surface area contributed by atoms with Crippen LogP contribution in [0.25, 0.3) is 0 Å². The van der Waals surface area contributed by atoms with Crippen LogP contribution in [0.2, 0.25) is 0 Å². The number of halogens is 1. The van der Waals surface area contributed by atoms with Crippen LogP contribution in [0.15, 0.2) is 28.2 Å². The van der Waals surface area contributed by atoms with Gasteiger partial charge in [0, 0.05) is 18.3 Å². The minimum absolute atomic E-state index is 0.0324. The Bertz CT molecular complexity index is 644. The molecular weight excluding hydrogens is 346 g/mol. The zero-order valence-corrected chi connectivity index (χ0v) is 12.6. The van der Waals surface area contributed by atoms with Gasteiger partial charge in [0.05, 0.1) is 5.01 Å². The van der Waals surface area contributed by atoms with Gasteiger partial charge in [-0.1, -0.05) is 6.07 Å². The fourth-order valence-corrected chi connectivity index (χ4v) is 2.55. The molecule has 6 nitrogen and oxygen atoms in total. The molecule has 2 aromatic rings. The maximum Gasteiger partial charge on any atom is 0.355 e. The summed E-state index contributed by atoms with van der Waals surface area (Å²) in [6, 6.07) is 5.08. The van der Waals surface area contributed by atoms with Crippen LogP contribution in [0, 0.1) is 0 Å². The van der Waals surface area contributed by atoms with Gasteiger partial charge in [-0.2, -0.15) is 0 Å². The molecule has 8 heteroatoms. The molecule has 0 aromatic carbocycles. The van der Waals surface area contributed by atoms with Gasteiger partial charge >= 0.3 is 5.97 Å². The monoisotopic (exact) mass is 355 g/mol.